The number of nitrogens with two attached hydrogens (primary N) is 1. The number of rotatable bonds is 2. The van der Waals surface area contributed by atoms with E-state index in [-0.39, 0.29) is 6.04 Å². The first-order valence-electron chi connectivity index (χ1n) is 4.75. The lowest BCUT2D eigenvalue weighted by Gasteiger charge is -2.05. The Morgan fingerprint density at radius 2 is 2.43 bits per heavy atom. The Morgan fingerprint density at radius 3 is 3.07 bits per heavy atom. The lowest BCUT2D eigenvalue weighted by Crippen LogP contribution is -2.13. The number of hydrogen-bond donors (Lipinski definition) is 1. The minimum absolute atomic E-state index is 0.133. The van der Waals surface area contributed by atoms with Gasteiger partial charge in [-0.2, -0.15) is 0 Å². The topological polar surface area (TPSA) is 47.6 Å². The fraction of sp³-hybridized carbons (Fsp3) is 0.364. The summed E-state index contributed by atoms with van der Waals surface area (Å²) in [5, 5.41) is 0. The molecular formula is C11H14N2O. The standard InChI is InChI=1S/C11H14N2O/c1-8-3-2-4-9(5-8)10-7-14-11(6-12)13-10/h2-5,10H,6-7,12H2,1H3. The molecule has 1 aliphatic heterocycles. The SMILES string of the molecule is Cc1cccc(C2COC(CN)=N2)c1. The summed E-state index contributed by atoms with van der Waals surface area (Å²) in [5.41, 5.74) is 7.90. The predicted molar refractivity (Wildman–Crippen MR) is 56.4 cm³/mol. The van der Waals surface area contributed by atoms with Gasteiger partial charge in [-0.3, -0.25) is 0 Å². The largest absolute Gasteiger partial charge is 0.477 e. The van der Waals surface area contributed by atoms with Gasteiger partial charge in [-0.05, 0) is 12.5 Å². The third-order valence-electron chi connectivity index (χ3n) is 2.31. The first-order valence-corrected chi connectivity index (χ1v) is 4.75. The van der Waals surface area contributed by atoms with Crippen LogP contribution in [0.25, 0.3) is 0 Å². The van der Waals surface area contributed by atoms with Gasteiger partial charge in [0.2, 0.25) is 0 Å². The van der Waals surface area contributed by atoms with E-state index < -0.39 is 0 Å². The summed E-state index contributed by atoms with van der Waals surface area (Å²) >= 11 is 0. The highest BCUT2D eigenvalue weighted by Crippen LogP contribution is 2.23. The lowest BCUT2D eigenvalue weighted by atomic mass is 10.1. The Kier molecular flexibility index (Phi) is 2.50. The van der Waals surface area contributed by atoms with E-state index in [1.165, 1.54) is 11.1 Å². The Labute approximate surface area is 83.6 Å². The van der Waals surface area contributed by atoms with Crippen LogP contribution in [0.3, 0.4) is 0 Å². The fourth-order valence-corrected chi connectivity index (χ4v) is 1.58. The smallest absolute Gasteiger partial charge is 0.198 e. The number of benzene rings is 1. The first kappa shape index (κ1) is 9.21. The molecule has 1 aromatic rings. The van der Waals surface area contributed by atoms with Crippen molar-refractivity contribution < 1.29 is 4.74 Å². The van der Waals surface area contributed by atoms with Crippen molar-refractivity contribution in [2.45, 2.75) is 13.0 Å². The van der Waals surface area contributed by atoms with E-state index in [9.17, 15) is 0 Å². The molecule has 0 fully saturated rings. The van der Waals surface area contributed by atoms with Crippen LogP contribution in [0, 0.1) is 6.92 Å². The molecule has 2 rings (SSSR count). The van der Waals surface area contributed by atoms with Crippen LogP contribution in [-0.4, -0.2) is 19.0 Å². The third-order valence-corrected chi connectivity index (χ3v) is 2.31. The van der Waals surface area contributed by atoms with Crippen LogP contribution >= 0.6 is 0 Å². The molecule has 74 valence electrons. The van der Waals surface area contributed by atoms with E-state index in [4.69, 9.17) is 10.5 Å². The Bertz CT molecular complexity index is 360. The molecule has 1 unspecified atom stereocenters. The van der Waals surface area contributed by atoms with Crippen molar-refractivity contribution in [1.29, 1.82) is 0 Å². The molecule has 0 amide bonds. The van der Waals surface area contributed by atoms with Crippen molar-refractivity contribution in [2.75, 3.05) is 13.2 Å². The molecule has 0 radical (unpaired) electrons. The minimum atomic E-state index is 0.133. The molecule has 3 nitrogen and oxygen atoms in total. The van der Waals surface area contributed by atoms with Crippen LogP contribution in [0.1, 0.15) is 17.2 Å². The van der Waals surface area contributed by atoms with Gasteiger partial charge in [0.05, 0.1) is 6.54 Å². The highest BCUT2D eigenvalue weighted by atomic mass is 16.5. The van der Waals surface area contributed by atoms with Gasteiger partial charge in [-0.1, -0.05) is 29.8 Å². The van der Waals surface area contributed by atoms with Gasteiger partial charge in [0.15, 0.2) is 5.90 Å². The van der Waals surface area contributed by atoms with Gasteiger partial charge in [0.25, 0.3) is 0 Å². The van der Waals surface area contributed by atoms with E-state index in [0.717, 1.165) is 0 Å². The van der Waals surface area contributed by atoms with E-state index in [2.05, 4.69) is 30.1 Å². The summed E-state index contributed by atoms with van der Waals surface area (Å²) in [4.78, 5) is 4.39. The maximum atomic E-state index is 5.45. The van der Waals surface area contributed by atoms with Gasteiger partial charge in [0.1, 0.15) is 12.6 Å². The number of hydrogen-bond acceptors (Lipinski definition) is 3. The van der Waals surface area contributed by atoms with Crippen molar-refractivity contribution in [1.82, 2.24) is 0 Å². The molecule has 0 saturated carbocycles. The molecule has 0 bridgehead atoms. The molecule has 3 heteroatoms. The minimum Gasteiger partial charge on any atom is -0.477 e. The van der Waals surface area contributed by atoms with E-state index in [1.54, 1.807) is 0 Å². The van der Waals surface area contributed by atoms with Crippen molar-refractivity contribution in [3.05, 3.63) is 35.4 Å². The molecule has 0 aromatic heterocycles. The van der Waals surface area contributed by atoms with Crippen molar-refractivity contribution >= 4 is 5.90 Å². The Balaban J connectivity index is 2.21. The van der Waals surface area contributed by atoms with Gasteiger partial charge in [0, 0.05) is 0 Å². The Morgan fingerprint density at radius 1 is 1.57 bits per heavy atom. The molecule has 14 heavy (non-hydrogen) atoms. The van der Waals surface area contributed by atoms with Gasteiger partial charge in [-0.25, -0.2) is 4.99 Å². The second-order valence-corrected chi connectivity index (χ2v) is 3.47. The molecule has 2 N–H and O–H groups in total. The van der Waals surface area contributed by atoms with E-state index in [0.29, 0.717) is 19.0 Å². The zero-order valence-corrected chi connectivity index (χ0v) is 8.23. The normalized spacial score (nSPS) is 20.4. The number of aryl methyl sites for hydroxylation is 1. The monoisotopic (exact) mass is 190 g/mol. The number of aliphatic imine (C=N–C) groups is 1. The second-order valence-electron chi connectivity index (χ2n) is 3.47. The molecule has 1 atom stereocenters. The zero-order valence-electron chi connectivity index (χ0n) is 8.23. The summed E-state index contributed by atoms with van der Waals surface area (Å²) in [6.07, 6.45) is 0. The summed E-state index contributed by atoms with van der Waals surface area (Å²) in [5.74, 6) is 0.663. The van der Waals surface area contributed by atoms with Gasteiger partial charge < -0.3 is 10.5 Å². The summed E-state index contributed by atoms with van der Waals surface area (Å²) in [6.45, 7) is 3.09. The quantitative estimate of drug-likeness (QED) is 0.766. The Hall–Kier alpha value is -1.35. The molecule has 1 heterocycles. The van der Waals surface area contributed by atoms with Crippen LogP contribution in [0.15, 0.2) is 29.3 Å². The lowest BCUT2D eigenvalue weighted by molar-refractivity contribution is 0.315. The van der Waals surface area contributed by atoms with Crippen molar-refractivity contribution in [3.63, 3.8) is 0 Å². The first-order chi connectivity index (χ1) is 6.79. The summed E-state index contributed by atoms with van der Waals surface area (Å²) in [6, 6.07) is 8.46. The molecule has 0 spiro atoms. The average Bonchev–Trinajstić information content (AvgIpc) is 2.66. The van der Waals surface area contributed by atoms with E-state index >= 15 is 0 Å². The molecule has 1 aromatic carbocycles. The fourth-order valence-electron chi connectivity index (χ4n) is 1.58. The van der Waals surface area contributed by atoms with Crippen LogP contribution < -0.4 is 5.73 Å². The van der Waals surface area contributed by atoms with E-state index in [1.807, 2.05) is 6.07 Å². The maximum absolute atomic E-state index is 5.45. The maximum Gasteiger partial charge on any atom is 0.198 e. The summed E-state index contributed by atoms with van der Waals surface area (Å²) in [7, 11) is 0. The highest BCUT2D eigenvalue weighted by Gasteiger charge is 2.19. The van der Waals surface area contributed by atoms with Gasteiger partial charge in [-0.15, -0.1) is 0 Å². The molecule has 1 aliphatic rings. The van der Waals surface area contributed by atoms with Crippen molar-refractivity contribution in [3.8, 4) is 0 Å². The summed E-state index contributed by atoms with van der Waals surface area (Å²) < 4.78 is 5.33. The molecular weight excluding hydrogens is 176 g/mol. The zero-order chi connectivity index (χ0) is 9.97. The second kappa shape index (κ2) is 3.80. The average molecular weight is 190 g/mol. The molecule has 0 aliphatic carbocycles. The number of ether oxygens (including phenoxy) is 1. The van der Waals surface area contributed by atoms with Crippen molar-refractivity contribution in [2.24, 2.45) is 10.7 Å². The molecule has 0 saturated heterocycles. The highest BCUT2D eigenvalue weighted by molar-refractivity contribution is 5.79. The van der Waals surface area contributed by atoms with Crippen LogP contribution in [-0.2, 0) is 4.74 Å². The van der Waals surface area contributed by atoms with Crippen LogP contribution in [0.4, 0.5) is 0 Å². The predicted octanol–water partition coefficient (Wildman–Crippen LogP) is 1.42. The number of nitrogens with zero attached hydrogens (tertiary/aromatic N) is 1. The third kappa shape index (κ3) is 1.77. The van der Waals surface area contributed by atoms with Crippen LogP contribution in [0.2, 0.25) is 0 Å². The van der Waals surface area contributed by atoms with Crippen LogP contribution in [0.5, 0.6) is 0 Å². The van der Waals surface area contributed by atoms with Gasteiger partial charge >= 0.3 is 0 Å².